The monoisotopic (exact) mass is 1200 g/mol. The predicted molar refractivity (Wildman–Crippen MR) is 326 cm³/mol. The van der Waals surface area contributed by atoms with Gasteiger partial charge in [-0.3, -0.25) is 14.6 Å². The lowest BCUT2D eigenvalue weighted by Crippen LogP contribution is -2.51. The average molecular weight is 1200 g/mol. The number of thiazole rings is 1. The Morgan fingerprint density at radius 1 is 0.988 bits per heavy atom. The summed E-state index contributed by atoms with van der Waals surface area (Å²) in [5.41, 5.74) is 5.05. The van der Waals surface area contributed by atoms with Crippen molar-refractivity contribution < 1.29 is 38.4 Å². The number of β-amino-alcohol motifs (C(OH)–C–C–N with tert-alkyl or cyclic N) is 2. The zero-order valence-corrected chi connectivity index (χ0v) is 50.7. The van der Waals surface area contributed by atoms with Gasteiger partial charge >= 0.3 is 6.01 Å². The number of piperazine rings is 1. The Bertz CT molecular complexity index is 3620. The molecule has 0 radical (unpaired) electrons. The Labute approximate surface area is 504 Å². The molecule has 0 bridgehead atoms. The molecule has 1 saturated carbocycles. The number of aliphatic hydroxyl groups is 2. The zero-order chi connectivity index (χ0) is 60.2. The first-order valence-electron chi connectivity index (χ1n) is 30.6. The number of pyridine rings is 1. The standard InChI is InChI=1S/C64H79F2N13O6S/c1-7-46-49(65)14-13-42-24-44(80)25-47(53(42)46)55-54(66)56-48(28-69-55)59(77-20-8-17-63(6,84)32-77)73-62(72-56)85-34-64(18-19-64)33-76-21-15-39(16-22-76)23-43-27-68-50(29-67-43)51-31-79(75-74-51)57(36(2)3)61(83)78-30-45(81)26-52(78)60(82)71-37(4)40-9-11-41(12-10-40)58-38(5)70-35-86-58/h9-14,24-25,28,31,35-37,39,43,45,50,52,57,67-68,80-81,84H,7-8,15-23,26-27,29-30,32-34H2,1-6H3,(H,71,82)/t37-,43?,45+,50?,52-,57-,63+/m0/s1. The third-order valence-electron chi connectivity index (χ3n) is 18.6. The number of aromatic nitrogens is 7. The first kappa shape index (κ1) is 59.5. The van der Waals surface area contributed by atoms with Crippen LogP contribution in [0.15, 0.2) is 66.4 Å². The minimum absolute atomic E-state index is 0.00148. The van der Waals surface area contributed by atoms with Gasteiger partial charge in [0.15, 0.2) is 5.82 Å². The van der Waals surface area contributed by atoms with E-state index in [4.69, 9.17) is 14.7 Å². The van der Waals surface area contributed by atoms with Gasteiger partial charge in [-0.25, -0.2) is 18.4 Å². The number of benzene rings is 3. The smallest absolute Gasteiger partial charge is 0.319 e. The van der Waals surface area contributed by atoms with E-state index in [1.165, 1.54) is 29.3 Å². The fraction of sp³-hybridized carbons (Fsp3) is 0.531. The minimum atomic E-state index is -0.982. The van der Waals surface area contributed by atoms with E-state index in [0.717, 1.165) is 85.7 Å². The van der Waals surface area contributed by atoms with E-state index < -0.39 is 35.4 Å². The molecule has 22 heteroatoms. The molecule has 7 atom stereocenters. The van der Waals surface area contributed by atoms with Gasteiger partial charge in [0.05, 0.1) is 58.1 Å². The normalized spacial score (nSPS) is 23.5. The van der Waals surface area contributed by atoms with Crippen molar-refractivity contribution in [2.24, 2.45) is 17.3 Å². The summed E-state index contributed by atoms with van der Waals surface area (Å²) in [6.07, 6.45) is 9.51. The summed E-state index contributed by atoms with van der Waals surface area (Å²) >= 11 is 1.59. The number of phenolic OH excluding ortho intramolecular Hbond substituents is 1. The SMILES string of the molecule is CCc1c(F)ccc2cc(O)cc(-c3ncc4c(N5CCC[C@@](C)(O)C5)nc(OCC5(CN6CCC(CC7CNC(c8cn([C@H](C(=O)N9C[C@H](O)C[C@H]9C(=O)N[C@@H](C)c9ccc(-c%10scnc%10C)cc9)C(C)C)nn8)CN7)CC6)CC5)nc4c3F)c12. The molecular formula is C64H79F2N13O6S. The van der Waals surface area contributed by atoms with Crippen LogP contribution in [0.2, 0.25) is 0 Å². The number of fused-ring (bicyclic) bond motifs is 2. The maximum Gasteiger partial charge on any atom is 0.319 e. The first-order chi connectivity index (χ1) is 41.3. The molecule has 4 aliphatic heterocycles. The van der Waals surface area contributed by atoms with Gasteiger partial charge in [0.25, 0.3) is 0 Å². The Morgan fingerprint density at radius 2 is 1.78 bits per heavy atom. The van der Waals surface area contributed by atoms with Crippen LogP contribution in [-0.2, 0) is 16.0 Å². The van der Waals surface area contributed by atoms with Crippen LogP contribution in [-0.4, -0.2) is 155 Å². The number of nitrogens with one attached hydrogen (secondary N) is 3. The number of rotatable bonds is 18. The number of likely N-dealkylation sites (tertiary alicyclic amines) is 2. The fourth-order valence-corrected chi connectivity index (χ4v) is 14.5. The van der Waals surface area contributed by atoms with Crippen molar-refractivity contribution in [2.45, 2.75) is 141 Å². The molecule has 4 saturated heterocycles. The number of carbonyl (C=O) groups excluding carboxylic acids is 2. The van der Waals surface area contributed by atoms with E-state index in [1.54, 1.807) is 29.0 Å². The van der Waals surface area contributed by atoms with Crippen LogP contribution in [0, 0.1) is 35.8 Å². The van der Waals surface area contributed by atoms with Crippen molar-refractivity contribution in [3.05, 3.63) is 101 Å². The molecule has 5 aliphatic rings. The predicted octanol–water partition coefficient (Wildman–Crippen LogP) is 8.37. The second-order valence-corrected chi connectivity index (χ2v) is 26.5. The first-order valence-corrected chi connectivity index (χ1v) is 31.5. The highest BCUT2D eigenvalue weighted by Crippen LogP contribution is 2.48. The highest BCUT2D eigenvalue weighted by atomic mass is 32.1. The van der Waals surface area contributed by atoms with E-state index in [1.807, 2.05) is 75.5 Å². The number of nitrogens with zero attached hydrogens (tertiary/aromatic N) is 10. The molecule has 4 aromatic heterocycles. The number of carbonyl (C=O) groups is 2. The highest BCUT2D eigenvalue weighted by molar-refractivity contribution is 7.13. The molecule has 8 heterocycles. The Morgan fingerprint density at radius 3 is 2.48 bits per heavy atom. The van der Waals surface area contributed by atoms with E-state index >= 15 is 8.78 Å². The molecule has 7 aromatic rings. The molecule has 0 spiro atoms. The number of hydrogen-bond acceptors (Lipinski definition) is 17. The topological polar surface area (TPSA) is 232 Å². The van der Waals surface area contributed by atoms with Gasteiger partial charge in [0, 0.05) is 68.9 Å². The lowest BCUT2D eigenvalue weighted by molar-refractivity contribution is -0.142. The largest absolute Gasteiger partial charge is 0.508 e. The summed E-state index contributed by atoms with van der Waals surface area (Å²) in [6, 6.07) is 12.3. The second kappa shape index (κ2) is 24.4. The van der Waals surface area contributed by atoms with Gasteiger partial charge in [-0.15, -0.1) is 16.4 Å². The zero-order valence-electron chi connectivity index (χ0n) is 49.9. The van der Waals surface area contributed by atoms with Crippen molar-refractivity contribution in [2.75, 3.05) is 63.9 Å². The van der Waals surface area contributed by atoms with Gasteiger partial charge in [-0.2, -0.15) is 9.97 Å². The Balaban J connectivity index is 0.641. The lowest BCUT2D eigenvalue weighted by atomic mass is 9.88. The molecule has 2 amide bonds. The van der Waals surface area contributed by atoms with Crippen molar-refractivity contribution in [3.8, 4) is 33.5 Å². The van der Waals surface area contributed by atoms with Crippen LogP contribution in [0.1, 0.15) is 127 Å². The number of halogens is 2. The number of aryl methyl sites for hydroxylation is 2. The molecular weight excluding hydrogens is 1120 g/mol. The van der Waals surface area contributed by atoms with Crippen LogP contribution in [0.3, 0.4) is 0 Å². The quantitative estimate of drug-likeness (QED) is 0.0474. The fourth-order valence-electron chi connectivity index (χ4n) is 13.7. The number of hydrogen-bond donors (Lipinski definition) is 6. The van der Waals surface area contributed by atoms with Crippen molar-refractivity contribution in [1.29, 1.82) is 0 Å². The average Bonchev–Trinajstić information content (AvgIpc) is 1.28. The van der Waals surface area contributed by atoms with Gasteiger partial charge in [0.2, 0.25) is 11.8 Å². The van der Waals surface area contributed by atoms with Crippen molar-refractivity contribution >= 4 is 50.6 Å². The number of phenols is 1. The van der Waals surface area contributed by atoms with Crippen LogP contribution in [0.5, 0.6) is 11.8 Å². The number of piperidine rings is 2. The van der Waals surface area contributed by atoms with Crippen molar-refractivity contribution in [3.63, 3.8) is 0 Å². The number of aliphatic hydroxyl groups excluding tert-OH is 1. The van der Waals surface area contributed by atoms with E-state index in [-0.39, 0.29) is 89.3 Å². The van der Waals surface area contributed by atoms with Crippen molar-refractivity contribution in [1.82, 2.24) is 60.7 Å². The number of ether oxygens (including phenoxy) is 1. The number of amides is 2. The summed E-state index contributed by atoms with van der Waals surface area (Å²) in [6.45, 7) is 16.9. The van der Waals surface area contributed by atoms with Crippen LogP contribution >= 0.6 is 11.3 Å². The van der Waals surface area contributed by atoms with Gasteiger partial charge < -0.3 is 50.7 Å². The maximum absolute atomic E-state index is 17.2. The molecule has 1 aliphatic carbocycles. The van der Waals surface area contributed by atoms with Gasteiger partial charge in [-0.05, 0) is 143 Å². The lowest BCUT2D eigenvalue weighted by Gasteiger charge is -2.38. The molecule has 2 unspecified atom stereocenters. The molecule has 19 nitrogen and oxygen atoms in total. The van der Waals surface area contributed by atoms with E-state index in [2.05, 4.69) is 41.1 Å². The number of anilines is 1. The number of aromatic hydroxyl groups is 1. The highest BCUT2D eigenvalue weighted by Gasteiger charge is 2.46. The Kier molecular flexibility index (Phi) is 16.9. The second-order valence-electron chi connectivity index (χ2n) is 25.6. The van der Waals surface area contributed by atoms with Crippen LogP contribution < -0.4 is 25.6 Å². The summed E-state index contributed by atoms with van der Waals surface area (Å²) in [5, 5.41) is 53.8. The third-order valence-corrected chi connectivity index (χ3v) is 19.6. The Hall–Kier alpha value is -6.82. The molecule has 3 aromatic carbocycles. The molecule has 5 fully saturated rings. The summed E-state index contributed by atoms with van der Waals surface area (Å²) in [5.74, 6) is -1.04. The minimum Gasteiger partial charge on any atom is -0.508 e. The molecule has 86 heavy (non-hydrogen) atoms. The summed E-state index contributed by atoms with van der Waals surface area (Å²) in [7, 11) is 0. The van der Waals surface area contributed by atoms with Crippen LogP contribution in [0.4, 0.5) is 14.6 Å². The van der Waals surface area contributed by atoms with Gasteiger partial charge in [-0.1, -0.05) is 56.3 Å². The third kappa shape index (κ3) is 12.4. The summed E-state index contributed by atoms with van der Waals surface area (Å²) < 4.78 is 40.6. The molecule has 12 rings (SSSR count). The summed E-state index contributed by atoms with van der Waals surface area (Å²) in [4.78, 5) is 54.0. The maximum atomic E-state index is 17.2. The van der Waals surface area contributed by atoms with E-state index in [9.17, 15) is 24.9 Å². The van der Waals surface area contributed by atoms with Gasteiger partial charge in [0.1, 0.15) is 46.4 Å². The van der Waals surface area contributed by atoms with E-state index in [0.29, 0.717) is 72.4 Å². The molecule has 6 N–H and O–H groups in total. The van der Waals surface area contributed by atoms with Crippen LogP contribution in [0.25, 0.3) is 43.4 Å². The molecule has 456 valence electrons.